The third kappa shape index (κ3) is 6.96. The van der Waals surface area contributed by atoms with E-state index in [4.69, 9.17) is 0 Å². The van der Waals surface area contributed by atoms with Gasteiger partial charge in [-0.05, 0) is 56.3 Å². The lowest BCUT2D eigenvalue weighted by atomic mass is 9.66. The Morgan fingerprint density at radius 3 is 1.88 bits per heavy atom. The predicted octanol–water partition coefficient (Wildman–Crippen LogP) is 8.04. The summed E-state index contributed by atoms with van der Waals surface area (Å²) in [6.45, 7) is 4.60. The molecule has 0 aromatic rings. The molecule has 0 aromatic heterocycles. The Hall–Kier alpha value is -0.510. The minimum absolute atomic E-state index is 0.0429. The minimum atomic E-state index is 0.0429. The molecule has 144 valence electrons. The van der Waals surface area contributed by atoms with Gasteiger partial charge >= 0.3 is 0 Å². The third-order valence-electron chi connectivity index (χ3n) is 7.46. The van der Waals surface area contributed by atoms with Crippen molar-refractivity contribution in [2.24, 2.45) is 23.2 Å². The molecule has 1 heteroatoms. The van der Waals surface area contributed by atoms with Crippen molar-refractivity contribution in [3.05, 3.63) is 0 Å². The molecule has 2 saturated carbocycles. The number of unbranched alkanes of at least 4 members (excludes halogenated alkanes) is 3. The molecule has 0 aromatic carbocycles. The molecular formula is C24H43N. The molecule has 0 spiro atoms. The van der Waals surface area contributed by atoms with Gasteiger partial charge in [0.1, 0.15) is 0 Å². The Kier molecular flexibility index (Phi) is 9.36. The largest absolute Gasteiger partial charge is 0.198 e. The Morgan fingerprint density at radius 2 is 1.32 bits per heavy atom. The van der Waals surface area contributed by atoms with Crippen LogP contribution in [-0.4, -0.2) is 0 Å². The van der Waals surface area contributed by atoms with E-state index in [9.17, 15) is 5.26 Å². The fourth-order valence-corrected chi connectivity index (χ4v) is 5.49. The highest BCUT2D eigenvalue weighted by Crippen LogP contribution is 2.45. The third-order valence-corrected chi connectivity index (χ3v) is 7.46. The quantitative estimate of drug-likeness (QED) is 0.367. The lowest BCUT2D eigenvalue weighted by molar-refractivity contribution is 0.163. The zero-order valence-corrected chi connectivity index (χ0v) is 17.2. The first-order chi connectivity index (χ1) is 12.2. The predicted molar refractivity (Wildman–Crippen MR) is 108 cm³/mol. The molecule has 0 N–H and O–H groups in total. The molecule has 0 atom stereocenters. The van der Waals surface area contributed by atoms with E-state index in [0.29, 0.717) is 0 Å². The highest BCUT2D eigenvalue weighted by atomic mass is 14.4. The van der Waals surface area contributed by atoms with Crippen LogP contribution in [0, 0.1) is 34.5 Å². The molecule has 0 unspecified atom stereocenters. The number of hydrogen-bond donors (Lipinski definition) is 0. The molecule has 1 nitrogen and oxygen atoms in total. The minimum Gasteiger partial charge on any atom is -0.198 e. The summed E-state index contributed by atoms with van der Waals surface area (Å²) in [6.07, 6.45) is 23.2. The Labute approximate surface area is 158 Å². The van der Waals surface area contributed by atoms with Crippen LogP contribution in [0.2, 0.25) is 0 Å². The van der Waals surface area contributed by atoms with Gasteiger partial charge in [-0.25, -0.2) is 0 Å². The van der Waals surface area contributed by atoms with E-state index in [-0.39, 0.29) is 5.41 Å². The van der Waals surface area contributed by atoms with E-state index in [0.717, 1.165) is 17.8 Å². The average Bonchev–Trinajstić information content (AvgIpc) is 2.66. The van der Waals surface area contributed by atoms with Crippen molar-refractivity contribution in [1.82, 2.24) is 0 Å². The van der Waals surface area contributed by atoms with E-state index >= 15 is 0 Å². The number of rotatable bonds is 10. The standard InChI is InChI=1S/C24H43N/c1-3-5-6-7-9-22-10-12-23(13-11-22)16-19-24(20-25)17-14-21(8-4-2)15-18-24/h21-23H,3-19H2,1-2H3/t21-,22-,23-,24-. The molecule has 0 aliphatic heterocycles. The molecule has 0 bridgehead atoms. The smallest absolute Gasteiger partial charge is 0.0689 e. The van der Waals surface area contributed by atoms with Gasteiger partial charge in [-0.3, -0.25) is 0 Å². The van der Waals surface area contributed by atoms with Gasteiger partial charge in [0.05, 0.1) is 11.5 Å². The van der Waals surface area contributed by atoms with Gasteiger partial charge in [0.2, 0.25) is 0 Å². The lowest BCUT2D eigenvalue weighted by Gasteiger charge is -2.37. The zero-order valence-electron chi connectivity index (χ0n) is 17.2. The topological polar surface area (TPSA) is 23.8 Å². The summed E-state index contributed by atoms with van der Waals surface area (Å²) in [5.74, 6) is 2.85. The summed E-state index contributed by atoms with van der Waals surface area (Å²) in [6, 6.07) is 2.77. The normalized spacial score (nSPS) is 33.1. The maximum Gasteiger partial charge on any atom is 0.0689 e. The van der Waals surface area contributed by atoms with Crippen molar-refractivity contribution in [3.8, 4) is 6.07 Å². The highest BCUT2D eigenvalue weighted by Gasteiger charge is 2.35. The summed E-state index contributed by atoms with van der Waals surface area (Å²) < 4.78 is 0. The first kappa shape index (κ1) is 20.8. The molecule has 0 radical (unpaired) electrons. The second-order valence-corrected chi connectivity index (χ2v) is 9.40. The van der Waals surface area contributed by atoms with Crippen molar-refractivity contribution in [3.63, 3.8) is 0 Å². The van der Waals surface area contributed by atoms with Crippen LogP contribution in [0.4, 0.5) is 0 Å². The van der Waals surface area contributed by atoms with Crippen LogP contribution in [0.25, 0.3) is 0 Å². The maximum absolute atomic E-state index is 9.82. The molecule has 2 aliphatic rings. The first-order valence-corrected chi connectivity index (χ1v) is 11.6. The van der Waals surface area contributed by atoms with Gasteiger partial charge in [-0.2, -0.15) is 5.26 Å². The van der Waals surface area contributed by atoms with Crippen LogP contribution >= 0.6 is 0 Å². The second-order valence-electron chi connectivity index (χ2n) is 9.40. The van der Waals surface area contributed by atoms with Gasteiger partial charge in [0.25, 0.3) is 0 Å². The van der Waals surface area contributed by atoms with Crippen LogP contribution in [0.1, 0.15) is 123 Å². The number of nitrogens with zero attached hydrogens (tertiary/aromatic N) is 1. The van der Waals surface area contributed by atoms with E-state index in [1.165, 1.54) is 109 Å². The molecule has 0 heterocycles. The second kappa shape index (κ2) is 11.3. The molecule has 2 fully saturated rings. The SMILES string of the molecule is CCCCCC[C@H]1CC[C@H](CC[C@]2(C#N)CC[C@H](CCC)CC2)CC1. The summed E-state index contributed by atoms with van der Waals surface area (Å²) in [7, 11) is 0. The summed E-state index contributed by atoms with van der Waals surface area (Å²) >= 11 is 0. The van der Waals surface area contributed by atoms with Crippen molar-refractivity contribution >= 4 is 0 Å². The first-order valence-electron chi connectivity index (χ1n) is 11.6. The van der Waals surface area contributed by atoms with Crippen LogP contribution < -0.4 is 0 Å². The monoisotopic (exact) mass is 345 g/mol. The van der Waals surface area contributed by atoms with Gasteiger partial charge in [-0.15, -0.1) is 0 Å². The molecule has 2 rings (SSSR count). The Morgan fingerprint density at radius 1 is 0.720 bits per heavy atom. The molecule has 25 heavy (non-hydrogen) atoms. The maximum atomic E-state index is 9.82. The fraction of sp³-hybridized carbons (Fsp3) is 0.958. The molecule has 2 aliphatic carbocycles. The van der Waals surface area contributed by atoms with Gasteiger partial charge in [0, 0.05) is 0 Å². The van der Waals surface area contributed by atoms with Crippen LogP contribution in [0.15, 0.2) is 0 Å². The lowest BCUT2D eigenvalue weighted by Crippen LogP contribution is -2.27. The summed E-state index contributed by atoms with van der Waals surface area (Å²) in [5.41, 5.74) is 0.0429. The number of hydrogen-bond acceptors (Lipinski definition) is 1. The van der Waals surface area contributed by atoms with E-state index in [2.05, 4.69) is 19.9 Å². The van der Waals surface area contributed by atoms with Crippen molar-refractivity contribution in [2.45, 2.75) is 123 Å². The van der Waals surface area contributed by atoms with Gasteiger partial charge in [-0.1, -0.05) is 84.5 Å². The Balaban J connectivity index is 1.64. The van der Waals surface area contributed by atoms with Crippen LogP contribution in [0.3, 0.4) is 0 Å². The highest BCUT2D eigenvalue weighted by molar-refractivity contribution is 5.01. The van der Waals surface area contributed by atoms with Crippen molar-refractivity contribution in [1.29, 1.82) is 5.26 Å². The summed E-state index contributed by atoms with van der Waals surface area (Å²) in [5, 5.41) is 9.82. The van der Waals surface area contributed by atoms with Gasteiger partial charge < -0.3 is 0 Å². The van der Waals surface area contributed by atoms with Crippen LogP contribution in [-0.2, 0) is 0 Å². The van der Waals surface area contributed by atoms with Crippen molar-refractivity contribution in [2.75, 3.05) is 0 Å². The van der Waals surface area contributed by atoms with E-state index in [1.54, 1.807) is 0 Å². The molecule has 0 amide bonds. The number of nitriles is 1. The molecule has 0 saturated heterocycles. The average molecular weight is 346 g/mol. The van der Waals surface area contributed by atoms with Gasteiger partial charge in [0.15, 0.2) is 0 Å². The van der Waals surface area contributed by atoms with Crippen molar-refractivity contribution < 1.29 is 0 Å². The van der Waals surface area contributed by atoms with E-state index in [1.807, 2.05) is 0 Å². The molecular weight excluding hydrogens is 302 g/mol. The Bertz CT molecular complexity index is 377. The fourth-order valence-electron chi connectivity index (χ4n) is 5.49. The summed E-state index contributed by atoms with van der Waals surface area (Å²) in [4.78, 5) is 0. The van der Waals surface area contributed by atoms with E-state index < -0.39 is 0 Å². The zero-order chi connectivity index (χ0) is 18.0. The van der Waals surface area contributed by atoms with Crippen LogP contribution in [0.5, 0.6) is 0 Å².